The average molecular weight is 276 g/mol. The molecule has 0 aliphatic carbocycles. The van der Waals surface area contributed by atoms with E-state index in [-0.39, 0.29) is 6.42 Å². The summed E-state index contributed by atoms with van der Waals surface area (Å²) in [6.07, 6.45) is -0.146. The van der Waals surface area contributed by atoms with Gasteiger partial charge in [-0.15, -0.1) is 0 Å². The van der Waals surface area contributed by atoms with Gasteiger partial charge >= 0.3 is 5.97 Å². The van der Waals surface area contributed by atoms with Crippen LogP contribution in [-0.2, 0) is 14.4 Å². The minimum absolute atomic E-state index is 0.171. The van der Waals surface area contributed by atoms with Crippen LogP contribution >= 0.6 is 0 Å². The van der Waals surface area contributed by atoms with E-state index in [1.807, 2.05) is 21.1 Å². The molecule has 0 aromatic carbocycles. The number of carbonyl (C=O) groups is 3. The Bertz CT molecular complexity index is 327. The molecule has 0 spiro atoms. The van der Waals surface area contributed by atoms with E-state index >= 15 is 0 Å². The lowest BCUT2D eigenvalue weighted by Gasteiger charge is -2.25. The summed E-state index contributed by atoms with van der Waals surface area (Å²) in [5.41, 5.74) is 0. The van der Waals surface area contributed by atoms with E-state index in [1.165, 1.54) is 0 Å². The lowest BCUT2D eigenvalue weighted by Crippen LogP contribution is -2.42. The Kier molecular flexibility index (Phi) is 9.26. The molecule has 0 fully saturated rings. The molecule has 110 valence electrons. The largest absolute Gasteiger partial charge is 0.545 e. The molecule has 0 aliphatic rings. The Morgan fingerprint density at radius 2 is 1.47 bits per heavy atom. The van der Waals surface area contributed by atoms with Gasteiger partial charge < -0.3 is 34.5 Å². The van der Waals surface area contributed by atoms with Crippen molar-refractivity contribution in [3.63, 3.8) is 0 Å². The van der Waals surface area contributed by atoms with E-state index in [9.17, 15) is 24.6 Å². The number of aliphatic hydroxyl groups is 1. The van der Waals surface area contributed by atoms with E-state index in [1.54, 1.807) is 0 Å². The maximum atomic E-state index is 10.1. The first-order chi connectivity index (χ1) is 8.44. The van der Waals surface area contributed by atoms with Gasteiger partial charge in [0.25, 0.3) is 0 Å². The minimum Gasteiger partial charge on any atom is -0.545 e. The SMILES string of the molecule is C[N+](C)(C)C[C@H](O)CC(=O)O.O=C([O-])/C=C/C(=O)[O-]. The predicted octanol–water partition coefficient (Wildman–Crippen LogP) is -3.43. The summed E-state index contributed by atoms with van der Waals surface area (Å²) in [7, 11) is 5.72. The van der Waals surface area contributed by atoms with E-state index in [0.29, 0.717) is 23.2 Å². The van der Waals surface area contributed by atoms with Gasteiger partial charge in [-0.25, -0.2) is 0 Å². The van der Waals surface area contributed by atoms with Gasteiger partial charge in [0, 0.05) is 0 Å². The van der Waals surface area contributed by atoms with Crippen molar-refractivity contribution in [2.75, 3.05) is 27.7 Å². The smallest absolute Gasteiger partial charge is 0.306 e. The molecule has 19 heavy (non-hydrogen) atoms. The molecule has 2 N–H and O–H groups in total. The molecule has 0 bridgehead atoms. The molecule has 1 atom stereocenters. The lowest BCUT2D eigenvalue weighted by atomic mass is 10.2. The fourth-order valence-electron chi connectivity index (χ4n) is 1.03. The Balaban J connectivity index is 0. The third-order valence-corrected chi connectivity index (χ3v) is 1.52. The summed E-state index contributed by atoms with van der Waals surface area (Å²) in [5, 5.41) is 36.3. The second-order valence-electron chi connectivity index (χ2n) is 4.70. The number of aliphatic hydroxyl groups excluding tert-OH is 1. The molecule has 0 amide bonds. The van der Waals surface area contributed by atoms with Gasteiger partial charge in [-0.05, 0) is 12.2 Å². The van der Waals surface area contributed by atoms with Crippen molar-refractivity contribution in [2.45, 2.75) is 12.5 Å². The zero-order valence-electron chi connectivity index (χ0n) is 11.0. The summed E-state index contributed by atoms with van der Waals surface area (Å²) < 4.78 is 0.578. The third kappa shape index (κ3) is 21.8. The molecule has 0 radical (unpaired) electrons. The highest BCUT2D eigenvalue weighted by Crippen LogP contribution is 1.98. The first-order valence-electron chi connectivity index (χ1n) is 5.24. The number of quaternary nitrogens is 1. The number of carboxylic acid groups (broad SMARTS) is 3. The van der Waals surface area contributed by atoms with Gasteiger partial charge in [0.1, 0.15) is 12.6 Å². The number of carboxylic acids is 3. The Morgan fingerprint density at radius 3 is 1.68 bits per heavy atom. The van der Waals surface area contributed by atoms with Crippen molar-refractivity contribution < 1.29 is 39.3 Å². The minimum atomic E-state index is -1.55. The van der Waals surface area contributed by atoms with Crippen LogP contribution in [0.15, 0.2) is 12.2 Å². The molecular weight excluding hydrogens is 258 g/mol. The molecule has 0 saturated carbocycles. The fourth-order valence-corrected chi connectivity index (χ4v) is 1.03. The van der Waals surface area contributed by atoms with Gasteiger partial charge in [-0.2, -0.15) is 0 Å². The molecule has 0 heterocycles. The summed E-state index contributed by atoms with van der Waals surface area (Å²) in [6, 6.07) is 0. The number of hydrogen-bond acceptors (Lipinski definition) is 6. The Labute approximate surface area is 110 Å². The van der Waals surface area contributed by atoms with Crippen LogP contribution in [-0.4, -0.2) is 66.4 Å². The quantitative estimate of drug-likeness (QED) is 0.380. The summed E-state index contributed by atoms with van der Waals surface area (Å²) in [6.45, 7) is 0.465. The second kappa shape index (κ2) is 9.06. The number of likely N-dealkylation sites (N-methyl/N-ethyl adjacent to an activating group) is 1. The van der Waals surface area contributed by atoms with E-state index < -0.39 is 24.0 Å². The maximum Gasteiger partial charge on any atom is 0.306 e. The molecule has 0 unspecified atom stereocenters. The molecule has 0 saturated heterocycles. The number of hydrogen-bond donors (Lipinski definition) is 2. The second-order valence-corrected chi connectivity index (χ2v) is 4.70. The monoisotopic (exact) mass is 276 g/mol. The predicted molar refractivity (Wildman–Crippen MR) is 60.3 cm³/mol. The van der Waals surface area contributed by atoms with Crippen LogP contribution in [0.1, 0.15) is 6.42 Å². The molecule has 8 heteroatoms. The first-order valence-corrected chi connectivity index (χ1v) is 5.24. The summed E-state index contributed by atoms with van der Waals surface area (Å²) >= 11 is 0. The number of carbonyl (C=O) groups excluding carboxylic acids is 2. The summed E-state index contributed by atoms with van der Waals surface area (Å²) in [5.74, 6) is -4.05. The maximum absolute atomic E-state index is 10.1. The highest BCUT2D eigenvalue weighted by Gasteiger charge is 2.17. The highest BCUT2D eigenvalue weighted by molar-refractivity contribution is 5.87. The van der Waals surface area contributed by atoms with Crippen LogP contribution in [0.3, 0.4) is 0 Å². The molecule has 0 aromatic rings. The fraction of sp³-hybridized carbons (Fsp3) is 0.545. The van der Waals surface area contributed by atoms with Crippen molar-refractivity contribution >= 4 is 17.9 Å². The van der Waals surface area contributed by atoms with Crippen LogP contribution in [0.4, 0.5) is 0 Å². The van der Waals surface area contributed by atoms with E-state index in [2.05, 4.69) is 0 Å². The molecule has 8 nitrogen and oxygen atoms in total. The van der Waals surface area contributed by atoms with Crippen LogP contribution in [0.25, 0.3) is 0 Å². The first kappa shape index (κ1) is 19.4. The van der Waals surface area contributed by atoms with Crippen molar-refractivity contribution in [1.82, 2.24) is 0 Å². The van der Waals surface area contributed by atoms with Gasteiger partial charge in [0.05, 0.1) is 39.5 Å². The van der Waals surface area contributed by atoms with Crippen LogP contribution in [0.2, 0.25) is 0 Å². The zero-order valence-corrected chi connectivity index (χ0v) is 11.0. The normalized spacial score (nSPS) is 12.4. The Morgan fingerprint density at radius 1 is 1.11 bits per heavy atom. The van der Waals surface area contributed by atoms with Crippen molar-refractivity contribution in [1.29, 1.82) is 0 Å². The van der Waals surface area contributed by atoms with E-state index in [4.69, 9.17) is 10.2 Å². The van der Waals surface area contributed by atoms with Crippen molar-refractivity contribution in [2.24, 2.45) is 0 Å². The van der Waals surface area contributed by atoms with Gasteiger partial charge in [-0.1, -0.05) is 0 Å². The van der Waals surface area contributed by atoms with Crippen molar-refractivity contribution in [3.05, 3.63) is 12.2 Å². The topological polar surface area (TPSA) is 138 Å². The highest BCUT2D eigenvalue weighted by atomic mass is 16.4. The summed E-state index contributed by atoms with van der Waals surface area (Å²) in [4.78, 5) is 29.0. The standard InChI is InChI=1S/C7H15NO3.C4H4O4/c1-8(2,3)5-6(9)4-7(10)11;5-3(6)1-2-4(7)8/h6,9H,4-5H2,1-3H3;1-2H,(H,5,6)(H,7,8)/p-1/b;2-1+/t6-;/m1./s1. The Hall–Kier alpha value is -1.93. The number of rotatable bonds is 6. The zero-order chi connectivity index (χ0) is 15.6. The lowest BCUT2D eigenvalue weighted by molar-refractivity contribution is -0.873. The van der Waals surface area contributed by atoms with E-state index in [0.717, 1.165) is 0 Å². The third-order valence-electron chi connectivity index (χ3n) is 1.52. The molecule has 0 rings (SSSR count). The van der Waals surface area contributed by atoms with Crippen LogP contribution in [0, 0.1) is 0 Å². The van der Waals surface area contributed by atoms with Crippen molar-refractivity contribution in [3.8, 4) is 0 Å². The number of aliphatic carboxylic acids is 3. The van der Waals surface area contributed by atoms with Gasteiger partial charge in [-0.3, -0.25) is 4.79 Å². The molecular formula is C11H18NO7-. The number of nitrogens with zero attached hydrogens (tertiary/aromatic N) is 1. The van der Waals surface area contributed by atoms with Gasteiger partial charge in [0.15, 0.2) is 0 Å². The van der Waals surface area contributed by atoms with Crippen LogP contribution in [0.5, 0.6) is 0 Å². The molecule has 0 aromatic heterocycles. The van der Waals surface area contributed by atoms with Crippen LogP contribution < -0.4 is 10.2 Å². The average Bonchev–Trinajstić information content (AvgIpc) is 2.10. The van der Waals surface area contributed by atoms with Gasteiger partial charge in [0.2, 0.25) is 0 Å². The molecule has 0 aliphatic heterocycles.